The monoisotopic (exact) mass is 252 g/mol. The molecule has 4 N–H and O–H groups in total. The zero-order valence-corrected chi connectivity index (χ0v) is 10.1. The van der Waals surface area contributed by atoms with Crippen LogP contribution in [0.1, 0.15) is 0 Å². The number of fused-ring (bicyclic) bond motifs is 1. The highest BCUT2D eigenvalue weighted by molar-refractivity contribution is 5.90. The van der Waals surface area contributed by atoms with Crippen molar-refractivity contribution in [1.82, 2.24) is 9.97 Å². The molecule has 1 heterocycles. The van der Waals surface area contributed by atoms with E-state index in [1.807, 2.05) is 36.4 Å². The molecule has 0 saturated heterocycles. The second-order valence-electron chi connectivity index (χ2n) is 4.18. The predicted octanol–water partition coefficient (Wildman–Crippen LogP) is 2.25. The minimum Gasteiger partial charge on any atom is -0.399 e. The zero-order chi connectivity index (χ0) is 13.2. The Balaban J connectivity index is 2.09. The maximum Gasteiger partial charge on any atom is 0.347 e. The van der Waals surface area contributed by atoms with Crippen LogP contribution in [-0.2, 0) is 0 Å². The maximum atomic E-state index is 11.5. The molecule has 0 aliphatic rings. The summed E-state index contributed by atoms with van der Waals surface area (Å²) in [4.78, 5) is 18.2. The molecule has 2 aromatic carbocycles. The Morgan fingerprint density at radius 2 is 1.79 bits per heavy atom. The standard InChI is InChI=1S/C14H12N4O/c15-9-5-7-10(8-6-9)16-13-11-3-1-2-4-12(11)17-14(19)18-13/h1-8H,15H2,(H2,16,17,18,19). The van der Waals surface area contributed by atoms with Crippen molar-refractivity contribution in [2.45, 2.75) is 0 Å². The number of rotatable bonds is 2. The zero-order valence-electron chi connectivity index (χ0n) is 10.1. The Morgan fingerprint density at radius 3 is 2.58 bits per heavy atom. The molecular formula is C14H12N4O. The summed E-state index contributed by atoms with van der Waals surface area (Å²) in [5.74, 6) is 0.532. The molecule has 3 aromatic rings. The minimum atomic E-state index is -0.378. The third-order valence-corrected chi connectivity index (χ3v) is 2.81. The van der Waals surface area contributed by atoms with Crippen molar-refractivity contribution in [3.8, 4) is 0 Å². The largest absolute Gasteiger partial charge is 0.399 e. The van der Waals surface area contributed by atoms with E-state index < -0.39 is 0 Å². The summed E-state index contributed by atoms with van der Waals surface area (Å²) in [7, 11) is 0. The number of hydrogen-bond donors (Lipinski definition) is 3. The number of aromatic amines is 1. The van der Waals surface area contributed by atoms with Gasteiger partial charge in [-0.15, -0.1) is 0 Å². The molecule has 94 valence electrons. The van der Waals surface area contributed by atoms with Gasteiger partial charge in [-0.3, -0.25) is 0 Å². The first-order valence-corrected chi connectivity index (χ1v) is 5.84. The third-order valence-electron chi connectivity index (χ3n) is 2.81. The molecule has 0 aliphatic heterocycles. The van der Waals surface area contributed by atoms with E-state index in [1.54, 1.807) is 12.1 Å². The van der Waals surface area contributed by atoms with E-state index in [1.165, 1.54) is 0 Å². The van der Waals surface area contributed by atoms with Gasteiger partial charge in [-0.1, -0.05) is 12.1 Å². The fourth-order valence-corrected chi connectivity index (χ4v) is 1.90. The number of nitrogens with one attached hydrogen (secondary N) is 2. The molecule has 0 radical (unpaired) electrons. The summed E-state index contributed by atoms with van der Waals surface area (Å²) in [6.07, 6.45) is 0. The molecule has 0 aliphatic carbocycles. The summed E-state index contributed by atoms with van der Waals surface area (Å²) >= 11 is 0. The predicted molar refractivity (Wildman–Crippen MR) is 76.5 cm³/mol. The highest BCUT2D eigenvalue weighted by Gasteiger charge is 2.04. The lowest BCUT2D eigenvalue weighted by atomic mass is 10.2. The molecular weight excluding hydrogens is 240 g/mol. The summed E-state index contributed by atoms with van der Waals surface area (Å²) in [6.45, 7) is 0. The average Bonchev–Trinajstić information content (AvgIpc) is 2.41. The first-order chi connectivity index (χ1) is 9.22. The van der Waals surface area contributed by atoms with E-state index in [9.17, 15) is 4.79 Å². The van der Waals surface area contributed by atoms with Crippen LogP contribution in [0.5, 0.6) is 0 Å². The van der Waals surface area contributed by atoms with Crippen molar-refractivity contribution in [3.63, 3.8) is 0 Å². The number of nitrogens with zero attached hydrogens (tertiary/aromatic N) is 1. The van der Waals surface area contributed by atoms with Gasteiger partial charge in [-0.25, -0.2) is 4.79 Å². The van der Waals surface area contributed by atoms with E-state index in [4.69, 9.17) is 5.73 Å². The summed E-state index contributed by atoms with van der Waals surface area (Å²) in [5, 5.41) is 3.99. The number of anilines is 3. The van der Waals surface area contributed by atoms with Crippen LogP contribution < -0.4 is 16.7 Å². The van der Waals surface area contributed by atoms with Crippen LogP contribution in [0.4, 0.5) is 17.2 Å². The smallest absolute Gasteiger partial charge is 0.347 e. The van der Waals surface area contributed by atoms with Gasteiger partial charge in [0.1, 0.15) is 5.82 Å². The molecule has 0 unspecified atom stereocenters. The van der Waals surface area contributed by atoms with E-state index >= 15 is 0 Å². The van der Waals surface area contributed by atoms with Gasteiger partial charge in [0.15, 0.2) is 0 Å². The molecule has 0 bridgehead atoms. The van der Waals surface area contributed by atoms with Crippen molar-refractivity contribution in [2.24, 2.45) is 0 Å². The molecule has 0 spiro atoms. The molecule has 19 heavy (non-hydrogen) atoms. The number of nitrogens with two attached hydrogens (primary N) is 1. The Kier molecular flexibility index (Phi) is 2.64. The normalized spacial score (nSPS) is 10.5. The van der Waals surface area contributed by atoms with Crippen LogP contribution in [0.2, 0.25) is 0 Å². The van der Waals surface area contributed by atoms with Crippen LogP contribution in [0.25, 0.3) is 10.9 Å². The second-order valence-corrected chi connectivity index (χ2v) is 4.18. The van der Waals surface area contributed by atoms with Crippen molar-refractivity contribution < 1.29 is 0 Å². The lowest BCUT2D eigenvalue weighted by Crippen LogP contribution is -2.12. The van der Waals surface area contributed by atoms with Gasteiger partial charge in [0.2, 0.25) is 0 Å². The molecule has 0 amide bonds. The van der Waals surface area contributed by atoms with Gasteiger partial charge in [-0.2, -0.15) is 4.98 Å². The van der Waals surface area contributed by atoms with E-state index in [0.29, 0.717) is 11.5 Å². The van der Waals surface area contributed by atoms with Crippen molar-refractivity contribution in [3.05, 3.63) is 59.0 Å². The quantitative estimate of drug-likeness (QED) is 0.611. The van der Waals surface area contributed by atoms with Crippen LogP contribution >= 0.6 is 0 Å². The maximum absolute atomic E-state index is 11.5. The van der Waals surface area contributed by atoms with Gasteiger partial charge in [0, 0.05) is 16.8 Å². The van der Waals surface area contributed by atoms with Crippen LogP contribution in [0, 0.1) is 0 Å². The summed E-state index contributed by atoms with van der Waals surface area (Å²) in [5.41, 5.74) is 7.53. The van der Waals surface area contributed by atoms with Crippen LogP contribution in [0.15, 0.2) is 53.3 Å². The van der Waals surface area contributed by atoms with Crippen molar-refractivity contribution >= 4 is 28.1 Å². The number of hydrogen-bond acceptors (Lipinski definition) is 4. The number of benzene rings is 2. The SMILES string of the molecule is Nc1ccc(Nc2nc(=O)[nH]c3ccccc23)cc1. The Morgan fingerprint density at radius 1 is 1.05 bits per heavy atom. The number of H-pyrrole nitrogens is 1. The van der Waals surface area contributed by atoms with Gasteiger partial charge in [-0.05, 0) is 36.4 Å². The lowest BCUT2D eigenvalue weighted by Gasteiger charge is -2.08. The van der Waals surface area contributed by atoms with Crippen LogP contribution in [-0.4, -0.2) is 9.97 Å². The summed E-state index contributed by atoms with van der Waals surface area (Å²) < 4.78 is 0. The fraction of sp³-hybridized carbons (Fsp3) is 0. The Bertz CT molecular complexity index is 777. The summed E-state index contributed by atoms with van der Waals surface area (Å²) in [6, 6.07) is 14.8. The number of para-hydroxylation sites is 1. The van der Waals surface area contributed by atoms with Gasteiger partial charge in [0.05, 0.1) is 5.52 Å². The fourth-order valence-electron chi connectivity index (χ4n) is 1.90. The first kappa shape index (κ1) is 11.3. The Labute approximate surface area is 109 Å². The molecule has 5 nitrogen and oxygen atoms in total. The van der Waals surface area contributed by atoms with Crippen molar-refractivity contribution in [1.29, 1.82) is 0 Å². The molecule has 1 aromatic heterocycles. The number of nitrogen functional groups attached to an aromatic ring is 1. The molecule has 0 saturated carbocycles. The van der Waals surface area contributed by atoms with E-state index in [0.717, 1.165) is 16.6 Å². The van der Waals surface area contributed by atoms with Crippen LogP contribution in [0.3, 0.4) is 0 Å². The highest BCUT2D eigenvalue weighted by Crippen LogP contribution is 2.22. The molecule has 5 heteroatoms. The minimum absolute atomic E-state index is 0.378. The number of aromatic nitrogens is 2. The topological polar surface area (TPSA) is 83.8 Å². The third kappa shape index (κ3) is 2.26. The second kappa shape index (κ2) is 4.45. The average molecular weight is 252 g/mol. The van der Waals surface area contributed by atoms with Gasteiger partial charge >= 0.3 is 5.69 Å². The van der Waals surface area contributed by atoms with Gasteiger partial charge < -0.3 is 16.0 Å². The first-order valence-electron chi connectivity index (χ1n) is 5.84. The van der Waals surface area contributed by atoms with Crippen molar-refractivity contribution in [2.75, 3.05) is 11.1 Å². The lowest BCUT2D eigenvalue weighted by molar-refractivity contribution is 1.12. The molecule has 0 atom stereocenters. The molecule has 0 fully saturated rings. The Hall–Kier alpha value is -2.82. The molecule has 3 rings (SSSR count). The van der Waals surface area contributed by atoms with Gasteiger partial charge in [0.25, 0.3) is 0 Å². The van der Waals surface area contributed by atoms with E-state index in [2.05, 4.69) is 15.3 Å². The van der Waals surface area contributed by atoms with E-state index in [-0.39, 0.29) is 5.69 Å². The highest BCUT2D eigenvalue weighted by atomic mass is 16.1.